The van der Waals surface area contributed by atoms with E-state index in [1.165, 1.54) is 12.1 Å². The molecule has 19 heavy (non-hydrogen) atoms. The van der Waals surface area contributed by atoms with Crippen LogP contribution in [0, 0.1) is 0 Å². The minimum absolute atomic E-state index is 0.0142. The van der Waals surface area contributed by atoms with Crippen LogP contribution in [0.1, 0.15) is 12.0 Å². The highest BCUT2D eigenvalue weighted by Crippen LogP contribution is 2.28. The fourth-order valence-corrected chi connectivity index (χ4v) is 1.37. The first-order valence-corrected chi connectivity index (χ1v) is 5.35. The molecule has 108 valence electrons. The number of hydrogen-bond acceptors (Lipinski definition) is 3. The molecule has 0 saturated carbocycles. The van der Waals surface area contributed by atoms with E-state index in [1.807, 2.05) is 0 Å². The minimum Gasteiger partial charge on any atom is -0.399 e. The van der Waals surface area contributed by atoms with E-state index in [2.05, 4.69) is 10.1 Å². The van der Waals surface area contributed by atoms with Crippen molar-refractivity contribution in [3.8, 4) is 0 Å². The van der Waals surface area contributed by atoms with Gasteiger partial charge >= 0.3 is 6.18 Å². The Hall–Kier alpha value is -1.57. The van der Waals surface area contributed by atoms with Crippen molar-refractivity contribution in [1.82, 2.24) is 0 Å². The molecule has 0 spiro atoms. The number of nitrogens with one attached hydrogen (secondary N) is 1. The number of nitrogens with two attached hydrogens (primary N) is 1. The van der Waals surface area contributed by atoms with E-state index in [0.29, 0.717) is 0 Å². The Balaban J connectivity index is 2.45. The standard InChI is InChI=1S/C11H13F5N2O/c12-10(13)8-5-7(17)1-2-9(8)18-3-4-19-6-11(14,15)16/h1-2,5,10,18H,3-4,6,17H2. The predicted molar refractivity (Wildman–Crippen MR) is 61.2 cm³/mol. The average molecular weight is 284 g/mol. The van der Waals surface area contributed by atoms with Crippen molar-refractivity contribution in [2.24, 2.45) is 0 Å². The van der Waals surface area contributed by atoms with Crippen LogP contribution in [-0.2, 0) is 4.74 Å². The van der Waals surface area contributed by atoms with Gasteiger partial charge in [-0.1, -0.05) is 0 Å². The molecule has 0 radical (unpaired) electrons. The Kier molecular flexibility index (Phi) is 5.34. The van der Waals surface area contributed by atoms with E-state index < -0.39 is 19.2 Å². The Morgan fingerprint density at radius 1 is 1.26 bits per heavy atom. The molecule has 8 heteroatoms. The van der Waals surface area contributed by atoms with Gasteiger partial charge in [0.15, 0.2) is 0 Å². The van der Waals surface area contributed by atoms with Gasteiger partial charge in [0.1, 0.15) is 6.61 Å². The summed E-state index contributed by atoms with van der Waals surface area (Å²) in [6.45, 7) is -1.62. The van der Waals surface area contributed by atoms with E-state index in [0.717, 1.165) is 6.07 Å². The lowest BCUT2D eigenvalue weighted by Gasteiger charge is -2.13. The fourth-order valence-electron chi connectivity index (χ4n) is 1.37. The summed E-state index contributed by atoms with van der Waals surface area (Å²) >= 11 is 0. The zero-order valence-electron chi connectivity index (χ0n) is 9.81. The molecule has 0 saturated heterocycles. The van der Waals surface area contributed by atoms with Crippen LogP contribution in [-0.4, -0.2) is 25.9 Å². The summed E-state index contributed by atoms with van der Waals surface area (Å²) in [5.74, 6) is 0. The fraction of sp³-hybridized carbons (Fsp3) is 0.455. The van der Waals surface area contributed by atoms with Crippen molar-refractivity contribution in [2.75, 3.05) is 30.8 Å². The van der Waals surface area contributed by atoms with Gasteiger partial charge in [0.2, 0.25) is 0 Å². The van der Waals surface area contributed by atoms with Gasteiger partial charge in [-0.2, -0.15) is 13.2 Å². The SMILES string of the molecule is Nc1ccc(NCCOCC(F)(F)F)c(C(F)F)c1. The van der Waals surface area contributed by atoms with Crippen molar-refractivity contribution >= 4 is 11.4 Å². The second-order valence-corrected chi connectivity index (χ2v) is 3.74. The molecule has 0 atom stereocenters. The second-order valence-electron chi connectivity index (χ2n) is 3.74. The zero-order valence-corrected chi connectivity index (χ0v) is 9.81. The maximum absolute atomic E-state index is 12.7. The molecule has 1 aromatic carbocycles. The molecule has 0 unspecified atom stereocenters. The van der Waals surface area contributed by atoms with Crippen molar-refractivity contribution < 1.29 is 26.7 Å². The van der Waals surface area contributed by atoms with Crippen molar-refractivity contribution in [2.45, 2.75) is 12.6 Å². The van der Waals surface area contributed by atoms with Crippen LogP contribution in [0.3, 0.4) is 0 Å². The quantitative estimate of drug-likeness (QED) is 0.479. The summed E-state index contributed by atoms with van der Waals surface area (Å²) in [6, 6.07) is 3.88. The Bertz CT molecular complexity index is 409. The first-order valence-electron chi connectivity index (χ1n) is 5.35. The maximum atomic E-state index is 12.7. The topological polar surface area (TPSA) is 47.3 Å². The maximum Gasteiger partial charge on any atom is 0.411 e. The molecule has 0 aliphatic rings. The molecule has 1 aromatic rings. The highest BCUT2D eigenvalue weighted by Gasteiger charge is 2.27. The molecule has 0 amide bonds. The lowest BCUT2D eigenvalue weighted by atomic mass is 10.1. The predicted octanol–water partition coefficient (Wildman–Crippen LogP) is 3.20. The first-order chi connectivity index (χ1) is 8.79. The van der Waals surface area contributed by atoms with Crippen LogP contribution < -0.4 is 11.1 Å². The van der Waals surface area contributed by atoms with Gasteiger partial charge in [0.25, 0.3) is 6.43 Å². The number of benzene rings is 1. The van der Waals surface area contributed by atoms with Crippen LogP contribution in [0.5, 0.6) is 0 Å². The molecule has 3 N–H and O–H groups in total. The normalized spacial score (nSPS) is 11.9. The molecular weight excluding hydrogens is 271 g/mol. The number of alkyl halides is 5. The highest BCUT2D eigenvalue weighted by molar-refractivity contribution is 5.58. The number of anilines is 2. The first kappa shape index (κ1) is 15.5. The van der Waals surface area contributed by atoms with Gasteiger partial charge in [-0.15, -0.1) is 0 Å². The van der Waals surface area contributed by atoms with Gasteiger partial charge in [0.05, 0.1) is 6.61 Å². The number of hydrogen-bond donors (Lipinski definition) is 2. The lowest BCUT2D eigenvalue weighted by molar-refractivity contribution is -0.172. The van der Waals surface area contributed by atoms with E-state index >= 15 is 0 Å². The molecule has 1 rings (SSSR count). The molecule has 0 heterocycles. The Labute approximate surface area is 106 Å². The van der Waals surface area contributed by atoms with E-state index in [1.54, 1.807) is 0 Å². The monoisotopic (exact) mass is 284 g/mol. The molecule has 0 aliphatic heterocycles. The van der Waals surface area contributed by atoms with Crippen molar-refractivity contribution in [3.63, 3.8) is 0 Å². The van der Waals surface area contributed by atoms with Crippen LogP contribution in [0.15, 0.2) is 18.2 Å². The second kappa shape index (κ2) is 6.55. The van der Waals surface area contributed by atoms with E-state index in [4.69, 9.17) is 5.73 Å². The largest absolute Gasteiger partial charge is 0.411 e. The molecule has 0 aliphatic carbocycles. The lowest BCUT2D eigenvalue weighted by Crippen LogP contribution is -2.20. The summed E-state index contributed by atoms with van der Waals surface area (Å²) in [5.41, 5.74) is 5.40. The molecule has 0 aromatic heterocycles. The van der Waals surface area contributed by atoms with E-state index in [9.17, 15) is 22.0 Å². The third-order valence-corrected chi connectivity index (χ3v) is 2.14. The Morgan fingerprint density at radius 3 is 2.53 bits per heavy atom. The molecule has 0 fully saturated rings. The summed E-state index contributed by atoms with van der Waals surface area (Å²) in [5, 5.41) is 2.58. The minimum atomic E-state index is -4.39. The van der Waals surface area contributed by atoms with Crippen molar-refractivity contribution in [1.29, 1.82) is 0 Å². The number of rotatable bonds is 6. The van der Waals surface area contributed by atoms with Gasteiger partial charge in [-0.3, -0.25) is 0 Å². The van der Waals surface area contributed by atoms with E-state index in [-0.39, 0.29) is 30.1 Å². The van der Waals surface area contributed by atoms with Crippen LogP contribution in [0.25, 0.3) is 0 Å². The van der Waals surface area contributed by atoms with Gasteiger partial charge in [-0.05, 0) is 18.2 Å². The highest BCUT2D eigenvalue weighted by atomic mass is 19.4. The summed E-state index contributed by atoms with van der Waals surface area (Å²) < 4.78 is 65.0. The third kappa shape index (κ3) is 5.73. The van der Waals surface area contributed by atoms with Crippen LogP contribution >= 0.6 is 0 Å². The van der Waals surface area contributed by atoms with Crippen LogP contribution in [0.4, 0.5) is 33.3 Å². The van der Waals surface area contributed by atoms with Gasteiger partial charge in [-0.25, -0.2) is 8.78 Å². The van der Waals surface area contributed by atoms with Gasteiger partial charge in [0, 0.05) is 23.5 Å². The Morgan fingerprint density at radius 2 is 1.95 bits per heavy atom. The number of ether oxygens (including phenoxy) is 1. The third-order valence-electron chi connectivity index (χ3n) is 2.14. The summed E-state index contributed by atoms with van der Waals surface area (Å²) in [7, 11) is 0. The van der Waals surface area contributed by atoms with Crippen molar-refractivity contribution in [3.05, 3.63) is 23.8 Å². The molecular formula is C11H13F5N2O. The number of nitrogen functional groups attached to an aromatic ring is 1. The number of halogens is 5. The molecule has 0 bridgehead atoms. The smallest absolute Gasteiger partial charge is 0.399 e. The van der Waals surface area contributed by atoms with Crippen LogP contribution in [0.2, 0.25) is 0 Å². The average Bonchev–Trinajstić information content (AvgIpc) is 2.28. The summed E-state index contributed by atoms with van der Waals surface area (Å²) in [4.78, 5) is 0. The zero-order chi connectivity index (χ0) is 14.5. The molecule has 3 nitrogen and oxygen atoms in total. The van der Waals surface area contributed by atoms with Gasteiger partial charge < -0.3 is 15.8 Å². The summed E-state index contributed by atoms with van der Waals surface area (Å²) in [6.07, 6.45) is -7.11.